The molecule has 2 aromatic rings. The number of aromatic nitrogens is 3. The Morgan fingerprint density at radius 1 is 1.42 bits per heavy atom. The van der Waals surface area contributed by atoms with Crippen molar-refractivity contribution in [3.05, 3.63) is 41.2 Å². The lowest BCUT2D eigenvalue weighted by Gasteiger charge is -2.12. The van der Waals surface area contributed by atoms with Crippen LogP contribution < -0.4 is 10.6 Å². The van der Waals surface area contributed by atoms with Gasteiger partial charge in [-0.3, -0.25) is 9.48 Å². The third-order valence-electron chi connectivity index (χ3n) is 3.07. The monoisotopic (exact) mass is 259 g/mol. The summed E-state index contributed by atoms with van der Waals surface area (Å²) in [6.07, 6.45) is 1.71. The van der Waals surface area contributed by atoms with Crippen molar-refractivity contribution in [1.82, 2.24) is 20.3 Å². The molecule has 0 aliphatic carbocycles. The molecule has 1 aromatic heterocycles. The summed E-state index contributed by atoms with van der Waals surface area (Å²) in [6.45, 7) is 2.54. The molecule has 0 spiro atoms. The Balaban J connectivity index is 2.17. The molecule has 2 N–H and O–H groups in total. The van der Waals surface area contributed by atoms with Gasteiger partial charge in [0.1, 0.15) is 0 Å². The number of nitrogens with one attached hydrogen (secondary N) is 2. The van der Waals surface area contributed by atoms with Gasteiger partial charge in [0, 0.05) is 25.3 Å². The van der Waals surface area contributed by atoms with E-state index in [1.807, 2.05) is 32.2 Å². The fraction of sp³-hybridized carbons (Fsp3) is 0.308. The molecular formula is C13H17N5O. The first kappa shape index (κ1) is 13.1. The number of nitrogens with zero attached hydrogens (tertiary/aromatic N) is 3. The fourth-order valence-corrected chi connectivity index (χ4v) is 1.86. The molecule has 1 amide bonds. The van der Waals surface area contributed by atoms with Gasteiger partial charge in [-0.1, -0.05) is 11.3 Å². The molecule has 0 bridgehead atoms. The van der Waals surface area contributed by atoms with Gasteiger partial charge in [0.25, 0.3) is 5.91 Å². The van der Waals surface area contributed by atoms with Gasteiger partial charge in [0.15, 0.2) is 0 Å². The van der Waals surface area contributed by atoms with Crippen molar-refractivity contribution in [2.75, 3.05) is 12.4 Å². The minimum absolute atomic E-state index is 0.0802. The number of rotatable bonds is 4. The van der Waals surface area contributed by atoms with Crippen LogP contribution in [-0.2, 0) is 13.6 Å². The van der Waals surface area contributed by atoms with Gasteiger partial charge < -0.3 is 10.6 Å². The molecule has 0 saturated carbocycles. The van der Waals surface area contributed by atoms with Gasteiger partial charge >= 0.3 is 0 Å². The van der Waals surface area contributed by atoms with Crippen LogP contribution in [0.5, 0.6) is 0 Å². The lowest BCUT2D eigenvalue weighted by atomic mass is 10.1. The van der Waals surface area contributed by atoms with Crippen molar-refractivity contribution in [1.29, 1.82) is 0 Å². The molecule has 0 fully saturated rings. The maximum Gasteiger partial charge on any atom is 0.251 e. The van der Waals surface area contributed by atoms with Crippen molar-refractivity contribution in [2.45, 2.75) is 13.5 Å². The van der Waals surface area contributed by atoms with Crippen LogP contribution in [0.3, 0.4) is 0 Å². The predicted molar refractivity (Wildman–Crippen MR) is 72.9 cm³/mol. The smallest absolute Gasteiger partial charge is 0.251 e. The summed E-state index contributed by atoms with van der Waals surface area (Å²) < 4.78 is 1.71. The summed E-state index contributed by atoms with van der Waals surface area (Å²) >= 11 is 0. The summed E-state index contributed by atoms with van der Waals surface area (Å²) in [7, 11) is 3.47. The molecular weight excluding hydrogens is 242 g/mol. The van der Waals surface area contributed by atoms with Crippen molar-refractivity contribution < 1.29 is 4.79 Å². The van der Waals surface area contributed by atoms with E-state index in [9.17, 15) is 4.79 Å². The van der Waals surface area contributed by atoms with E-state index in [1.54, 1.807) is 17.9 Å². The third-order valence-corrected chi connectivity index (χ3v) is 3.07. The molecule has 6 heteroatoms. The van der Waals surface area contributed by atoms with Gasteiger partial charge in [0.2, 0.25) is 0 Å². The molecule has 2 rings (SSSR count). The molecule has 0 atom stereocenters. The number of anilines is 1. The Labute approximate surface area is 111 Å². The highest BCUT2D eigenvalue weighted by atomic mass is 16.1. The average molecular weight is 259 g/mol. The number of carbonyl (C=O) groups is 1. The zero-order valence-corrected chi connectivity index (χ0v) is 11.3. The van der Waals surface area contributed by atoms with Crippen molar-refractivity contribution in [3.63, 3.8) is 0 Å². The Kier molecular flexibility index (Phi) is 3.79. The van der Waals surface area contributed by atoms with Crippen molar-refractivity contribution >= 4 is 11.6 Å². The van der Waals surface area contributed by atoms with Crippen molar-refractivity contribution in [3.8, 4) is 0 Å². The third kappa shape index (κ3) is 2.73. The normalized spacial score (nSPS) is 10.3. The molecule has 100 valence electrons. The quantitative estimate of drug-likeness (QED) is 0.862. The second kappa shape index (κ2) is 5.51. The van der Waals surface area contributed by atoms with Crippen LogP contribution in [0.4, 0.5) is 5.69 Å². The standard InChI is InChI=1S/C13H17N5O/c1-9-11(13(19)14-2)5-4-6-12(9)15-7-10-8-16-17-18(10)3/h4-6,8,15H,7H2,1-3H3,(H,14,19). The highest BCUT2D eigenvalue weighted by molar-refractivity contribution is 5.96. The molecule has 0 aliphatic heterocycles. The first-order chi connectivity index (χ1) is 9.13. The summed E-state index contributed by atoms with van der Waals surface area (Å²) in [5.74, 6) is -0.0802. The molecule has 19 heavy (non-hydrogen) atoms. The predicted octanol–water partition coefficient (Wildman–Crippen LogP) is 1.10. The minimum Gasteiger partial charge on any atom is -0.379 e. The zero-order chi connectivity index (χ0) is 13.8. The molecule has 1 heterocycles. The van der Waals surface area contributed by atoms with Gasteiger partial charge in [0.05, 0.1) is 18.4 Å². The highest BCUT2D eigenvalue weighted by Gasteiger charge is 2.10. The fourth-order valence-electron chi connectivity index (χ4n) is 1.86. The largest absolute Gasteiger partial charge is 0.379 e. The maximum atomic E-state index is 11.7. The zero-order valence-electron chi connectivity index (χ0n) is 11.3. The van der Waals surface area contributed by atoms with Crippen LogP contribution in [0.25, 0.3) is 0 Å². The number of hydrogen-bond donors (Lipinski definition) is 2. The molecule has 0 saturated heterocycles. The van der Waals surface area contributed by atoms with Gasteiger partial charge in [-0.05, 0) is 24.6 Å². The van der Waals surface area contributed by atoms with E-state index in [2.05, 4.69) is 20.9 Å². The van der Waals surface area contributed by atoms with Gasteiger partial charge in [-0.2, -0.15) is 0 Å². The summed E-state index contributed by atoms with van der Waals surface area (Å²) in [6, 6.07) is 5.62. The minimum atomic E-state index is -0.0802. The average Bonchev–Trinajstić information content (AvgIpc) is 2.82. The maximum absolute atomic E-state index is 11.7. The number of aryl methyl sites for hydroxylation is 1. The van der Waals surface area contributed by atoms with Gasteiger partial charge in [-0.25, -0.2) is 0 Å². The molecule has 1 aromatic carbocycles. The van der Waals surface area contributed by atoms with E-state index in [1.165, 1.54) is 0 Å². The number of benzene rings is 1. The Bertz CT molecular complexity index is 590. The second-order valence-corrected chi connectivity index (χ2v) is 4.26. The first-order valence-electron chi connectivity index (χ1n) is 6.02. The Morgan fingerprint density at radius 3 is 2.84 bits per heavy atom. The van der Waals surface area contributed by atoms with Crippen LogP contribution in [0.2, 0.25) is 0 Å². The van der Waals surface area contributed by atoms with E-state index < -0.39 is 0 Å². The summed E-state index contributed by atoms with van der Waals surface area (Å²) in [5, 5.41) is 13.6. The number of amides is 1. The molecule has 0 unspecified atom stereocenters. The molecule has 6 nitrogen and oxygen atoms in total. The van der Waals surface area contributed by atoms with Crippen LogP contribution in [0, 0.1) is 6.92 Å². The van der Waals surface area contributed by atoms with E-state index in [4.69, 9.17) is 0 Å². The second-order valence-electron chi connectivity index (χ2n) is 4.26. The van der Waals surface area contributed by atoms with E-state index in [0.29, 0.717) is 12.1 Å². The lowest BCUT2D eigenvalue weighted by molar-refractivity contribution is 0.0962. The van der Waals surface area contributed by atoms with Crippen LogP contribution in [0.1, 0.15) is 21.6 Å². The number of carbonyl (C=O) groups excluding carboxylic acids is 1. The topological polar surface area (TPSA) is 71.8 Å². The van der Waals surface area contributed by atoms with Crippen LogP contribution in [-0.4, -0.2) is 27.9 Å². The summed E-state index contributed by atoms with van der Waals surface area (Å²) in [5.41, 5.74) is 3.51. The Hall–Kier alpha value is -2.37. The first-order valence-corrected chi connectivity index (χ1v) is 6.02. The van der Waals surface area contributed by atoms with Crippen LogP contribution >= 0.6 is 0 Å². The SMILES string of the molecule is CNC(=O)c1cccc(NCc2cnnn2C)c1C. The molecule has 0 radical (unpaired) electrons. The molecule has 0 aliphatic rings. The van der Waals surface area contributed by atoms with Gasteiger partial charge in [-0.15, -0.1) is 5.10 Å². The van der Waals surface area contributed by atoms with E-state index in [-0.39, 0.29) is 5.91 Å². The van der Waals surface area contributed by atoms with E-state index >= 15 is 0 Å². The number of hydrogen-bond acceptors (Lipinski definition) is 4. The summed E-state index contributed by atoms with van der Waals surface area (Å²) in [4.78, 5) is 11.7. The Morgan fingerprint density at radius 2 is 2.21 bits per heavy atom. The highest BCUT2D eigenvalue weighted by Crippen LogP contribution is 2.19. The van der Waals surface area contributed by atoms with Crippen molar-refractivity contribution in [2.24, 2.45) is 7.05 Å². The van der Waals surface area contributed by atoms with Crippen LogP contribution in [0.15, 0.2) is 24.4 Å². The lowest BCUT2D eigenvalue weighted by Crippen LogP contribution is -2.19. The van der Waals surface area contributed by atoms with E-state index in [0.717, 1.165) is 16.9 Å².